The van der Waals surface area contributed by atoms with Crippen molar-refractivity contribution in [1.82, 2.24) is 9.38 Å². The van der Waals surface area contributed by atoms with E-state index in [2.05, 4.69) is 20.9 Å². The number of thiazole rings is 1. The van der Waals surface area contributed by atoms with Crippen LogP contribution in [0.1, 0.15) is 10.5 Å². The van der Waals surface area contributed by atoms with E-state index in [0.29, 0.717) is 11.2 Å². The van der Waals surface area contributed by atoms with Crippen molar-refractivity contribution in [3.63, 3.8) is 0 Å². The van der Waals surface area contributed by atoms with Gasteiger partial charge in [-0.25, -0.2) is 0 Å². The lowest BCUT2D eigenvalue weighted by molar-refractivity contribution is -0.385. The molecule has 0 atom stereocenters. The summed E-state index contributed by atoms with van der Waals surface area (Å²) in [5, 5.41) is 12.7. The standard InChI is InChI=1S/C12H6BrN3O4S/c13-10-7(16(18)19)2-1-3-9(10)20-11-8(6-17)15-4-5-21-12(15)14-11/h1-6H. The zero-order chi connectivity index (χ0) is 15.0. The van der Waals surface area contributed by atoms with Crippen molar-refractivity contribution in [1.29, 1.82) is 0 Å². The van der Waals surface area contributed by atoms with Crippen LogP contribution in [0.4, 0.5) is 5.69 Å². The highest BCUT2D eigenvalue weighted by atomic mass is 79.9. The summed E-state index contributed by atoms with van der Waals surface area (Å²) < 4.78 is 7.35. The van der Waals surface area contributed by atoms with Gasteiger partial charge in [-0.2, -0.15) is 4.98 Å². The van der Waals surface area contributed by atoms with Gasteiger partial charge < -0.3 is 4.74 Å². The van der Waals surface area contributed by atoms with Crippen LogP contribution >= 0.6 is 27.3 Å². The molecular formula is C12H6BrN3O4S. The normalized spacial score (nSPS) is 10.7. The molecule has 0 aliphatic rings. The van der Waals surface area contributed by atoms with Gasteiger partial charge in [0.25, 0.3) is 5.69 Å². The fraction of sp³-hybridized carbons (Fsp3) is 0. The maximum atomic E-state index is 11.2. The Hall–Kier alpha value is -2.26. The lowest BCUT2D eigenvalue weighted by atomic mass is 10.3. The number of carbonyl (C=O) groups excluding carboxylic acids is 1. The third-order valence-corrected chi connectivity index (χ3v) is 4.28. The van der Waals surface area contributed by atoms with Gasteiger partial charge in [-0.1, -0.05) is 6.07 Å². The molecule has 0 bridgehead atoms. The third-order valence-electron chi connectivity index (χ3n) is 2.72. The fourth-order valence-corrected chi connectivity index (χ4v) is 2.99. The average molecular weight is 368 g/mol. The Morgan fingerprint density at radius 2 is 2.29 bits per heavy atom. The second-order valence-corrected chi connectivity index (χ2v) is 5.59. The zero-order valence-corrected chi connectivity index (χ0v) is 12.6. The molecule has 3 rings (SSSR count). The number of aromatic nitrogens is 2. The quantitative estimate of drug-likeness (QED) is 0.398. The Morgan fingerprint density at radius 1 is 1.48 bits per heavy atom. The highest BCUT2D eigenvalue weighted by Crippen LogP contribution is 2.37. The van der Waals surface area contributed by atoms with Crippen molar-refractivity contribution in [2.45, 2.75) is 0 Å². The number of halogens is 1. The molecule has 2 heterocycles. The van der Waals surface area contributed by atoms with E-state index in [4.69, 9.17) is 4.74 Å². The first-order valence-corrected chi connectivity index (χ1v) is 7.30. The van der Waals surface area contributed by atoms with Gasteiger partial charge in [-0.05, 0) is 22.0 Å². The Labute approximate surface area is 130 Å². The Bertz CT molecular complexity index is 857. The number of nitro benzene ring substituents is 1. The molecule has 106 valence electrons. The molecule has 0 radical (unpaired) electrons. The lowest BCUT2D eigenvalue weighted by Crippen LogP contribution is -1.95. The number of carbonyl (C=O) groups is 1. The number of rotatable bonds is 4. The van der Waals surface area contributed by atoms with Gasteiger partial charge in [0.05, 0.1) is 4.92 Å². The molecule has 9 heteroatoms. The van der Waals surface area contributed by atoms with E-state index in [1.54, 1.807) is 22.0 Å². The number of hydrogen-bond acceptors (Lipinski definition) is 6. The number of benzene rings is 1. The minimum absolute atomic E-state index is 0.109. The molecule has 2 aromatic heterocycles. The molecule has 0 aliphatic heterocycles. The summed E-state index contributed by atoms with van der Waals surface area (Å²) in [7, 11) is 0. The number of aldehydes is 1. The minimum atomic E-state index is -0.524. The van der Waals surface area contributed by atoms with Crippen LogP contribution in [-0.4, -0.2) is 20.6 Å². The van der Waals surface area contributed by atoms with Crippen molar-refractivity contribution in [3.8, 4) is 11.6 Å². The average Bonchev–Trinajstić information content (AvgIpc) is 3.01. The topological polar surface area (TPSA) is 86.7 Å². The van der Waals surface area contributed by atoms with Gasteiger partial charge in [-0.3, -0.25) is 19.3 Å². The van der Waals surface area contributed by atoms with Crippen molar-refractivity contribution >= 4 is 44.2 Å². The van der Waals surface area contributed by atoms with Crippen LogP contribution in [0.5, 0.6) is 11.6 Å². The van der Waals surface area contributed by atoms with Crippen LogP contribution in [0, 0.1) is 10.1 Å². The van der Waals surface area contributed by atoms with Crippen LogP contribution in [0.15, 0.2) is 34.2 Å². The summed E-state index contributed by atoms with van der Waals surface area (Å²) >= 11 is 4.49. The summed E-state index contributed by atoms with van der Waals surface area (Å²) in [5.74, 6) is 0.330. The van der Waals surface area contributed by atoms with Gasteiger partial charge in [-0.15, -0.1) is 11.3 Å². The van der Waals surface area contributed by atoms with Crippen LogP contribution in [0.25, 0.3) is 4.96 Å². The Morgan fingerprint density at radius 3 is 3.00 bits per heavy atom. The molecule has 21 heavy (non-hydrogen) atoms. The van der Waals surface area contributed by atoms with E-state index in [0.717, 1.165) is 0 Å². The predicted octanol–water partition coefficient (Wildman–Crippen LogP) is 3.67. The molecule has 3 aromatic rings. The maximum absolute atomic E-state index is 11.2. The molecule has 0 amide bonds. The molecule has 0 unspecified atom stereocenters. The summed E-state index contributed by atoms with van der Waals surface area (Å²) in [6.07, 6.45) is 2.33. The highest BCUT2D eigenvalue weighted by Gasteiger charge is 2.20. The van der Waals surface area contributed by atoms with Crippen molar-refractivity contribution in [2.75, 3.05) is 0 Å². The number of ether oxygens (including phenoxy) is 1. The molecular weight excluding hydrogens is 362 g/mol. The first kappa shape index (κ1) is 13.7. The molecule has 7 nitrogen and oxygen atoms in total. The van der Waals surface area contributed by atoms with Gasteiger partial charge in [0.1, 0.15) is 4.47 Å². The molecule has 0 saturated heterocycles. The van der Waals surface area contributed by atoms with Crippen LogP contribution in [0.2, 0.25) is 0 Å². The van der Waals surface area contributed by atoms with Crippen LogP contribution in [0.3, 0.4) is 0 Å². The summed E-state index contributed by atoms with van der Waals surface area (Å²) in [6.45, 7) is 0. The minimum Gasteiger partial charge on any atom is -0.435 e. The second-order valence-electron chi connectivity index (χ2n) is 3.92. The van der Waals surface area contributed by atoms with E-state index in [-0.39, 0.29) is 27.5 Å². The van der Waals surface area contributed by atoms with E-state index in [9.17, 15) is 14.9 Å². The van der Waals surface area contributed by atoms with Gasteiger partial charge in [0.2, 0.25) is 5.88 Å². The fourth-order valence-electron chi connectivity index (χ4n) is 1.79. The van der Waals surface area contributed by atoms with Crippen molar-refractivity contribution in [2.24, 2.45) is 0 Å². The predicted molar refractivity (Wildman–Crippen MR) is 79.3 cm³/mol. The lowest BCUT2D eigenvalue weighted by Gasteiger charge is -2.05. The van der Waals surface area contributed by atoms with Gasteiger partial charge in [0, 0.05) is 17.6 Å². The smallest absolute Gasteiger partial charge is 0.287 e. The van der Waals surface area contributed by atoms with Gasteiger partial charge in [0.15, 0.2) is 22.7 Å². The van der Waals surface area contributed by atoms with Crippen molar-refractivity contribution in [3.05, 3.63) is 50.1 Å². The van der Waals surface area contributed by atoms with Gasteiger partial charge >= 0.3 is 0 Å². The number of nitro groups is 1. The van der Waals surface area contributed by atoms with E-state index in [1.165, 1.54) is 23.5 Å². The van der Waals surface area contributed by atoms with E-state index in [1.807, 2.05) is 0 Å². The second kappa shape index (κ2) is 5.26. The molecule has 0 spiro atoms. The number of fused-ring (bicyclic) bond motifs is 1. The van der Waals surface area contributed by atoms with E-state index >= 15 is 0 Å². The highest BCUT2D eigenvalue weighted by molar-refractivity contribution is 9.10. The maximum Gasteiger partial charge on any atom is 0.287 e. The van der Waals surface area contributed by atoms with E-state index < -0.39 is 4.92 Å². The molecule has 0 saturated carbocycles. The van der Waals surface area contributed by atoms with Crippen LogP contribution in [-0.2, 0) is 0 Å². The monoisotopic (exact) mass is 367 g/mol. The Kier molecular flexibility index (Phi) is 3.43. The Balaban J connectivity index is 2.06. The molecule has 0 N–H and O–H groups in total. The molecule has 0 aliphatic carbocycles. The SMILES string of the molecule is O=Cc1c(Oc2cccc([N+](=O)[O-])c2Br)nc2sccn12. The van der Waals surface area contributed by atoms with Crippen LogP contribution < -0.4 is 4.74 Å². The number of nitrogens with zero attached hydrogens (tertiary/aromatic N) is 3. The number of hydrogen-bond donors (Lipinski definition) is 0. The number of imidazole rings is 1. The first-order valence-electron chi connectivity index (χ1n) is 5.63. The third kappa shape index (κ3) is 2.30. The summed E-state index contributed by atoms with van der Waals surface area (Å²) in [5.41, 5.74) is 0.130. The first-order chi connectivity index (χ1) is 10.1. The summed E-state index contributed by atoms with van der Waals surface area (Å²) in [6, 6.07) is 4.40. The molecule has 1 aromatic carbocycles. The summed E-state index contributed by atoms with van der Waals surface area (Å²) in [4.78, 5) is 26.4. The molecule has 0 fully saturated rings. The largest absolute Gasteiger partial charge is 0.435 e. The van der Waals surface area contributed by atoms with Crippen molar-refractivity contribution < 1.29 is 14.5 Å². The zero-order valence-electron chi connectivity index (χ0n) is 10.2.